The van der Waals surface area contributed by atoms with Crippen molar-refractivity contribution in [2.75, 3.05) is 23.0 Å². The van der Waals surface area contributed by atoms with Gasteiger partial charge in [0.1, 0.15) is 0 Å². The predicted molar refractivity (Wildman–Crippen MR) is 143 cm³/mol. The molecule has 0 aliphatic carbocycles. The molecule has 2 fully saturated rings. The molecule has 0 aromatic heterocycles. The highest BCUT2D eigenvalue weighted by Gasteiger charge is 2.66. The van der Waals surface area contributed by atoms with Crippen LogP contribution in [-0.4, -0.2) is 44.6 Å². The van der Waals surface area contributed by atoms with Crippen LogP contribution in [0.15, 0.2) is 46.9 Å². The summed E-state index contributed by atoms with van der Waals surface area (Å²) in [6.45, 7) is 6.12. The molecule has 5 rings (SSSR count). The fraction of sp³-hybridized carbons (Fsp3) is 0.481. The van der Waals surface area contributed by atoms with Crippen molar-refractivity contribution in [3.63, 3.8) is 0 Å². The van der Waals surface area contributed by atoms with E-state index in [0.717, 1.165) is 33.4 Å². The zero-order chi connectivity index (χ0) is 25.8. The molecule has 2 aromatic carbocycles. The maximum absolute atomic E-state index is 15.6. The van der Waals surface area contributed by atoms with Crippen LogP contribution in [0, 0.1) is 5.92 Å². The number of benzene rings is 2. The summed E-state index contributed by atoms with van der Waals surface area (Å²) in [6.07, 6.45) is 1.16. The number of halogens is 2. The van der Waals surface area contributed by atoms with Crippen LogP contribution in [0.3, 0.4) is 0 Å². The highest BCUT2D eigenvalue weighted by molar-refractivity contribution is 9.10. The first-order valence-corrected chi connectivity index (χ1v) is 16.3. The van der Waals surface area contributed by atoms with Gasteiger partial charge in [0.2, 0.25) is 14.3 Å². The molecule has 6 nitrogen and oxygen atoms in total. The van der Waals surface area contributed by atoms with E-state index >= 15 is 4.11 Å². The summed E-state index contributed by atoms with van der Waals surface area (Å²) < 4.78 is 23.0. The molecule has 1 spiro atoms. The summed E-state index contributed by atoms with van der Waals surface area (Å²) in [7, 11) is -3.23. The van der Waals surface area contributed by atoms with Gasteiger partial charge in [0.05, 0.1) is 18.3 Å². The highest BCUT2D eigenvalue weighted by Crippen LogP contribution is 2.60. The molecule has 1 N–H and O–H groups in total. The van der Waals surface area contributed by atoms with Gasteiger partial charge in [0, 0.05) is 46.8 Å². The fourth-order valence-corrected chi connectivity index (χ4v) is 9.40. The number of hydrogen-bond acceptors (Lipinski definition) is 4. The van der Waals surface area contributed by atoms with Crippen molar-refractivity contribution >= 4 is 47.5 Å². The van der Waals surface area contributed by atoms with Crippen LogP contribution in [-0.2, 0) is 26.5 Å². The summed E-state index contributed by atoms with van der Waals surface area (Å²) in [5.41, 5.74) is 1.50. The van der Waals surface area contributed by atoms with E-state index in [0.29, 0.717) is 25.9 Å². The zero-order valence-corrected chi connectivity index (χ0v) is 23.4. The number of nitrogens with zero attached hydrogens (tertiary/aromatic N) is 2. The second kappa shape index (κ2) is 9.35. The van der Waals surface area contributed by atoms with Crippen molar-refractivity contribution in [2.24, 2.45) is 5.92 Å². The Kier molecular flexibility index (Phi) is 6.64. The predicted octanol–water partition coefficient (Wildman–Crippen LogP) is 5.28. The first-order chi connectivity index (χ1) is 17.1. The molecule has 0 saturated carbocycles. The van der Waals surface area contributed by atoms with E-state index in [9.17, 15) is 14.7 Å². The van der Waals surface area contributed by atoms with Crippen molar-refractivity contribution in [1.82, 2.24) is 0 Å². The Bertz CT molecular complexity index is 1200. The molecule has 3 heterocycles. The van der Waals surface area contributed by atoms with Crippen LogP contribution >= 0.6 is 15.9 Å². The number of fused-ring (bicyclic) bond motifs is 2. The van der Waals surface area contributed by atoms with Gasteiger partial charge < -0.3 is 23.8 Å². The SMILES string of the molecule is C[C@@H]1[C@@H]([Si](C)(C)F)[C@H](CCO)O[C@@]12C(=O)N(Cc1cccc(N3CCCC3=O)c1)c1ccc(Br)cc12. The van der Waals surface area contributed by atoms with Crippen molar-refractivity contribution < 1.29 is 23.5 Å². The van der Waals surface area contributed by atoms with E-state index in [1.54, 1.807) is 22.9 Å². The molecule has 3 aliphatic heterocycles. The van der Waals surface area contributed by atoms with Crippen molar-refractivity contribution in [3.05, 3.63) is 58.1 Å². The smallest absolute Gasteiger partial charge is 0.264 e. The van der Waals surface area contributed by atoms with Crippen molar-refractivity contribution in [1.29, 1.82) is 0 Å². The summed E-state index contributed by atoms with van der Waals surface area (Å²) in [6, 6.07) is 13.5. The number of anilines is 2. The maximum Gasteiger partial charge on any atom is 0.264 e. The third kappa shape index (κ3) is 4.04. The Morgan fingerprint density at radius 2 is 2.00 bits per heavy atom. The van der Waals surface area contributed by atoms with Gasteiger partial charge in [0.25, 0.3) is 5.91 Å². The molecular formula is C27H32BrFN2O4Si. The Morgan fingerprint density at radius 3 is 2.67 bits per heavy atom. The molecule has 3 aliphatic rings. The Morgan fingerprint density at radius 1 is 1.22 bits per heavy atom. The standard InChI is InChI=1S/C27H32BrFN2O4Si/c1-17-25(36(2,3)29)23(11-13-32)35-27(17)21-15-19(28)9-10-22(21)31(26(27)34)16-18-6-4-7-20(14-18)30-12-5-8-24(30)33/h4,6-7,9-10,14-15,17,23,25,32H,5,8,11-13,16H2,1-3H3/t17-,23+,25-,27+/m1/s1. The maximum atomic E-state index is 15.6. The third-order valence-corrected chi connectivity index (χ3v) is 10.9. The normalized spacial score (nSPS) is 28.0. The lowest BCUT2D eigenvalue weighted by Crippen LogP contribution is -2.45. The summed E-state index contributed by atoms with van der Waals surface area (Å²) in [4.78, 5) is 30.1. The molecule has 0 unspecified atom stereocenters. The van der Waals surface area contributed by atoms with Gasteiger partial charge in [-0.25, -0.2) is 0 Å². The average Bonchev–Trinajstić information content (AvgIpc) is 3.44. The van der Waals surface area contributed by atoms with Crippen LogP contribution < -0.4 is 9.80 Å². The third-order valence-electron chi connectivity index (χ3n) is 7.97. The van der Waals surface area contributed by atoms with Crippen LogP contribution in [0.4, 0.5) is 15.5 Å². The van der Waals surface area contributed by atoms with E-state index in [1.165, 1.54) is 0 Å². The van der Waals surface area contributed by atoms with Gasteiger partial charge in [-0.05, 0) is 61.8 Å². The summed E-state index contributed by atoms with van der Waals surface area (Å²) in [5, 5.41) is 9.70. The minimum absolute atomic E-state index is 0.116. The number of carbonyl (C=O) groups excluding carboxylic acids is 2. The molecule has 2 aromatic rings. The Labute approximate surface area is 220 Å². The highest BCUT2D eigenvalue weighted by atomic mass is 79.9. The van der Waals surface area contributed by atoms with Gasteiger partial charge in [-0.2, -0.15) is 0 Å². The molecule has 9 heteroatoms. The molecule has 192 valence electrons. The molecule has 0 radical (unpaired) electrons. The molecule has 2 amide bonds. The number of aliphatic hydroxyl groups excluding tert-OH is 1. The van der Waals surface area contributed by atoms with E-state index in [2.05, 4.69) is 15.9 Å². The number of amides is 2. The van der Waals surface area contributed by atoms with E-state index < -0.39 is 25.7 Å². The lowest BCUT2D eigenvalue weighted by molar-refractivity contribution is -0.146. The van der Waals surface area contributed by atoms with Gasteiger partial charge in [0.15, 0.2) is 5.60 Å². The quantitative estimate of drug-likeness (QED) is 0.376. The van der Waals surface area contributed by atoms with E-state index in [4.69, 9.17) is 4.74 Å². The zero-order valence-electron chi connectivity index (χ0n) is 20.8. The molecule has 36 heavy (non-hydrogen) atoms. The second-order valence-electron chi connectivity index (χ2n) is 10.7. The first-order valence-electron chi connectivity index (χ1n) is 12.6. The minimum Gasteiger partial charge on any atom is -0.396 e. The average molecular weight is 576 g/mol. The van der Waals surface area contributed by atoms with Crippen LogP contribution in [0.1, 0.15) is 37.3 Å². The van der Waals surface area contributed by atoms with Crippen LogP contribution in [0.25, 0.3) is 0 Å². The number of ether oxygens (including phenoxy) is 1. The lowest BCUT2D eigenvalue weighted by atomic mass is 9.82. The van der Waals surface area contributed by atoms with Gasteiger partial charge in [-0.3, -0.25) is 9.59 Å². The van der Waals surface area contributed by atoms with Crippen molar-refractivity contribution in [2.45, 2.75) is 63.1 Å². The van der Waals surface area contributed by atoms with Gasteiger partial charge in [-0.15, -0.1) is 0 Å². The molecule has 0 bridgehead atoms. The largest absolute Gasteiger partial charge is 0.396 e. The summed E-state index contributed by atoms with van der Waals surface area (Å²) in [5.74, 6) is -0.472. The van der Waals surface area contributed by atoms with Gasteiger partial charge >= 0.3 is 0 Å². The number of carbonyl (C=O) groups is 2. The Hall–Kier alpha value is -2.07. The number of aliphatic hydroxyl groups is 1. The van der Waals surface area contributed by atoms with Crippen LogP contribution in [0.2, 0.25) is 18.6 Å². The fourth-order valence-electron chi connectivity index (χ4n) is 6.50. The van der Waals surface area contributed by atoms with Crippen molar-refractivity contribution in [3.8, 4) is 0 Å². The van der Waals surface area contributed by atoms with Crippen LogP contribution in [0.5, 0.6) is 0 Å². The Balaban J connectivity index is 1.55. The summed E-state index contributed by atoms with van der Waals surface area (Å²) >= 11 is 3.55. The topological polar surface area (TPSA) is 70.1 Å². The second-order valence-corrected chi connectivity index (χ2v) is 15.4. The minimum atomic E-state index is -3.23. The monoisotopic (exact) mass is 574 g/mol. The first kappa shape index (κ1) is 25.6. The lowest BCUT2D eigenvalue weighted by Gasteiger charge is -2.31. The molecular weight excluding hydrogens is 543 g/mol. The van der Waals surface area contributed by atoms with Gasteiger partial charge in [-0.1, -0.05) is 35.0 Å². The number of rotatable bonds is 6. The van der Waals surface area contributed by atoms with E-state index in [-0.39, 0.29) is 24.3 Å². The molecule has 2 saturated heterocycles. The van der Waals surface area contributed by atoms with E-state index in [1.807, 2.05) is 49.4 Å². The molecule has 4 atom stereocenters. The number of hydrogen-bond donors (Lipinski definition) is 1.